The Balaban J connectivity index is 2.60. The molecule has 1 amide bonds. The van der Waals surface area contributed by atoms with Crippen molar-refractivity contribution in [2.24, 2.45) is 0 Å². The Kier molecular flexibility index (Phi) is 4.18. The Morgan fingerprint density at radius 3 is 2.57 bits per heavy atom. The number of ether oxygens (including phenoxy) is 1. The number of aromatic nitrogens is 2. The van der Waals surface area contributed by atoms with Crippen molar-refractivity contribution in [3.63, 3.8) is 0 Å². The number of rotatable bonds is 4. The van der Waals surface area contributed by atoms with Crippen molar-refractivity contribution in [2.45, 2.75) is 0 Å². The van der Waals surface area contributed by atoms with Gasteiger partial charge in [-0.25, -0.2) is 4.68 Å². The van der Waals surface area contributed by atoms with Gasteiger partial charge in [-0.15, -0.1) is 0 Å². The third-order valence-corrected chi connectivity index (χ3v) is 2.97. The molecule has 0 aliphatic rings. The summed E-state index contributed by atoms with van der Waals surface area (Å²) in [5.41, 5.74) is 0.757. The highest BCUT2D eigenvalue weighted by molar-refractivity contribution is 5.94. The molecule has 6 nitrogen and oxygen atoms in total. The second-order valence-corrected chi connectivity index (χ2v) is 4.18. The van der Waals surface area contributed by atoms with Crippen LogP contribution in [0.25, 0.3) is 17.5 Å². The lowest BCUT2D eigenvalue weighted by molar-refractivity contribution is 0.0961. The predicted molar refractivity (Wildman–Crippen MR) is 80.3 cm³/mol. The van der Waals surface area contributed by atoms with Crippen molar-refractivity contribution >= 4 is 12.1 Å². The lowest BCUT2D eigenvalue weighted by Crippen LogP contribution is -2.31. The van der Waals surface area contributed by atoms with Gasteiger partial charge in [0.2, 0.25) is 0 Å². The number of carbonyl (C=O) groups excluding carboxylic acids is 1. The summed E-state index contributed by atoms with van der Waals surface area (Å²) in [7, 11) is 3.04. The molecular formula is C15H15N3O3. The molecule has 2 rings (SSSR count). The van der Waals surface area contributed by atoms with Gasteiger partial charge in [0.15, 0.2) is 0 Å². The van der Waals surface area contributed by atoms with Gasteiger partial charge < -0.3 is 10.1 Å². The smallest absolute Gasteiger partial charge is 0.283 e. The maximum absolute atomic E-state index is 12.0. The van der Waals surface area contributed by atoms with Crippen molar-refractivity contribution in [1.82, 2.24) is 15.1 Å². The van der Waals surface area contributed by atoms with Gasteiger partial charge in [0.05, 0.1) is 12.8 Å². The Bertz CT molecular complexity index is 733. The van der Waals surface area contributed by atoms with E-state index >= 15 is 0 Å². The zero-order valence-corrected chi connectivity index (χ0v) is 11.8. The third-order valence-electron chi connectivity index (χ3n) is 2.97. The van der Waals surface area contributed by atoms with Crippen molar-refractivity contribution < 1.29 is 9.53 Å². The molecule has 1 aromatic heterocycles. The van der Waals surface area contributed by atoms with Crippen LogP contribution < -0.4 is 15.6 Å². The van der Waals surface area contributed by atoms with Gasteiger partial charge in [0, 0.05) is 18.8 Å². The summed E-state index contributed by atoms with van der Waals surface area (Å²) in [6.45, 7) is 3.53. The highest BCUT2D eigenvalue weighted by Crippen LogP contribution is 2.20. The van der Waals surface area contributed by atoms with Gasteiger partial charge in [0.1, 0.15) is 11.3 Å². The van der Waals surface area contributed by atoms with Crippen molar-refractivity contribution in [3.05, 3.63) is 52.8 Å². The van der Waals surface area contributed by atoms with E-state index in [2.05, 4.69) is 17.0 Å². The molecule has 1 heterocycles. The number of methoxy groups -OCH3 is 1. The second-order valence-electron chi connectivity index (χ2n) is 4.18. The van der Waals surface area contributed by atoms with E-state index < -0.39 is 11.5 Å². The van der Waals surface area contributed by atoms with E-state index in [1.54, 1.807) is 31.4 Å². The van der Waals surface area contributed by atoms with Crippen LogP contribution in [0.15, 0.2) is 41.7 Å². The minimum atomic E-state index is -0.512. The number of benzene rings is 1. The summed E-state index contributed by atoms with van der Waals surface area (Å²) in [4.78, 5) is 23.8. The van der Waals surface area contributed by atoms with E-state index in [4.69, 9.17) is 4.74 Å². The maximum atomic E-state index is 12.0. The maximum Gasteiger partial charge on any atom is 0.283 e. The van der Waals surface area contributed by atoms with E-state index in [1.807, 2.05) is 0 Å². The minimum absolute atomic E-state index is 0.0122. The summed E-state index contributed by atoms with van der Waals surface area (Å²) in [5.74, 6) is 0.245. The Morgan fingerprint density at radius 1 is 1.38 bits per heavy atom. The third kappa shape index (κ3) is 2.84. The van der Waals surface area contributed by atoms with Crippen LogP contribution in [-0.4, -0.2) is 29.8 Å². The molecule has 0 bridgehead atoms. The van der Waals surface area contributed by atoms with Crippen LogP contribution in [0.4, 0.5) is 0 Å². The molecule has 1 N–H and O–H groups in total. The topological polar surface area (TPSA) is 73.2 Å². The molecule has 21 heavy (non-hydrogen) atoms. The SMILES string of the molecule is C=Cn1nc(-c2ccc(OC)cc2)cc(C(=O)NC)c1=O. The summed E-state index contributed by atoms with van der Waals surface area (Å²) in [6.07, 6.45) is 1.27. The molecule has 0 aliphatic heterocycles. The van der Waals surface area contributed by atoms with E-state index in [-0.39, 0.29) is 5.56 Å². The molecular weight excluding hydrogens is 270 g/mol. The number of hydrogen-bond donors (Lipinski definition) is 1. The fourth-order valence-corrected chi connectivity index (χ4v) is 1.84. The molecule has 0 saturated carbocycles. The van der Waals surface area contributed by atoms with E-state index in [0.717, 1.165) is 10.2 Å². The molecule has 0 spiro atoms. The largest absolute Gasteiger partial charge is 0.497 e. The molecule has 0 radical (unpaired) electrons. The lowest BCUT2D eigenvalue weighted by Gasteiger charge is -2.07. The van der Waals surface area contributed by atoms with Crippen LogP contribution in [0.3, 0.4) is 0 Å². The second kappa shape index (κ2) is 6.04. The molecule has 2 aromatic rings. The number of nitrogens with zero attached hydrogens (tertiary/aromatic N) is 2. The average molecular weight is 285 g/mol. The zero-order valence-electron chi connectivity index (χ0n) is 11.8. The molecule has 6 heteroatoms. The Morgan fingerprint density at radius 2 is 2.05 bits per heavy atom. The minimum Gasteiger partial charge on any atom is -0.497 e. The summed E-state index contributed by atoms with van der Waals surface area (Å²) in [6, 6.07) is 8.61. The zero-order chi connectivity index (χ0) is 15.4. The molecule has 0 fully saturated rings. The molecule has 108 valence electrons. The van der Waals surface area contributed by atoms with Crippen molar-refractivity contribution in [1.29, 1.82) is 0 Å². The first-order valence-corrected chi connectivity index (χ1v) is 6.23. The number of carbonyl (C=O) groups is 1. The van der Waals surface area contributed by atoms with Gasteiger partial charge in [-0.3, -0.25) is 9.59 Å². The summed E-state index contributed by atoms with van der Waals surface area (Å²) < 4.78 is 6.14. The van der Waals surface area contributed by atoms with E-state index in [9.17, 15) is 9.59 Å². The number of hydrogen-bond acceptors (Lipinski definition) is 4. The van der Waals surface area contributed by atoms with E-state index in [0.29, 0.717) is 11.4 Å². The first kappa shape index (κ1) is 14.5. The Labute approximate surface area is 121 Å². The molecule has 0 saturated heterocycles. The normalized spacial score (nSPS) is 10.0. The predicted octanol–water partition coefficient (Wildman–Crippen LogP) is 1.38. The standard InChI is InChI=1S/C15H15N3O3/c1-4-18-15(20)12(14(19)16-2)9-13(17-18)10-5-7-11(21-3)8-6-10/h4-9H,1H2,2-3H3,(H,16,19). The molecule has 0 unspecified atom stereocenters. The van der Waals surface area contributed by atoms with Gasteiger partial charge in [-0.2, -0.15) is 5.10 Å². The molecule has 0 aliphatic carbocycles. The average Bonchev–Trinajstić information content (AvgIpc) is 2.54. The molecule has 1 aromatic carbocycles. The van der Waals surface area contributed by atoms with Gasteiger partial charge in [-0.05, 0) is 30.3 Å². The van der Waals surface area contributed by atoms with Crippen LogP contribution in [0, 0.1) is 0 Å². The van der Waals surface area contributed by atoms with Crippen molar-refractivity contribution in [2.75, 3.05) is 14.2 Å². The quantitative estimate of drug-likeness (QED) is 0.921. The van der Waals surface area contributed by atoms with Crippen LogP contribution >= 0.6 is 0 Å². The Hall–Kier alpha value is -2.89. The fraction of sp³-hybridized carbons (Fsp3) is 0.133. The van der Waals surface area contributed by atoms with Crippen LogP contribution in [0.1, 0.15) is 10.4 Å². The summed E-state index contributed by atoms with van der Waals surface area (Å²) >= 11 is 0. The van der Waals surface area contributed by atoms with Gasteiger partial charge >= 0.3 is 0 Å². The highest BCUT2D eigenvalue weighted by atomic mass is 16.5. The van der Waals surface area contributed by atoms with Crippen LogP contribution in [0.2, 0.25) is 0 Å². The fourth-order valence-electron chi connectivity index (χ4n) is 1.84. The number of amides is 1. The highest BCUT2D eigenvalue weighted by Gasteiger charge is 2.14. The molecule has 0 atom stereocenters. The van der Waals surface area contributed by atoms with E-state index in [1.165, 1.54) is 19.3 Å². The van der Waals surface area contributed by atoms with Crippen LogP contribution in [0.5, 0.6) is 5.75 Å². The first-order chi connectivity index (χ1) is 10.1. The lowest BCUT2D eigenvalue weighted by atomic mass is 10.1. The van der Waals surface area contributed by atoms with Gasteiger partial charge in [0.25, 0.3) is 11.5 Å². The monoisotopic (exact) mass is 285 g/mol. The summed E-state index contributed by atoms with van der Waals surface area (Å²) in [5, 5.41) is 6.60. The number of nitrogens with one attached hydrogen (secondary N) is 1. The van der Waals surface area contributed by atoms with Crippen molar-refractivity contribution in [3.8, 4) is 17.0 Å². The first-order valence-electron chi connectivity index (χ1n) is 6.23. The van der Waals surface area contributed by atoms with Crippen LogP contribution in [-0.2, 0) is 0 Å². The van der Waals surface area contributed by atoms with Gasteiger partial charge in [-0.1, -0.05) is 6.58 Å².